The van der Waals surface area contributed by atoms with Crippen molar-refractivity contribution < 1.29 is 13.6 Å². The van der Waals surface area contributed by atoms with Crippen molar-refractivity contribution in [3.63, 3.8) is 0 Å². The van der Waals surface area contributed by atoms with Crippen LogP contribution in [-0.4, -0.2) is 25.6 Å². The van der Waals surface area contributed by atoms with Crippen LogP contribution in [0.2, 0.25) is 0 Å². The molecule has 2 unspecified atom stereocenters. The van der Waals surface area contributed by atoms with Gasteiger partial charge in [0, 0.05) is 12.4 Å². The quantitative estimate of drug-likeness (QED) is 0.678. The fourth-order valence-electron chi connectivity index (χ4n) is 1.76. The van der Waals surface area contributed by atoms with Crippen molar-refractivity contribution in [1.29, 1.82) is 0 Å². The van der Waals surface area contributed by atoms with Gasteiger partial charge in [-0.2, -0.15) is 0 Å². The first-order valence-electron chi connectivity index (χ1n) is 5.49. The van der Waals surface area contributed by atoms with Crippen LogP contribution in [0.1, 0.15) is 11.3 Å². The normalized spacial score (nSPS) is 29.1. The molecule has 4 nitrogen and oxygen atoms in total. The Bertz CT molecular complexity index is 401. The van der Waals surface area contributed by atoms with Crippen molar-refractivity contribution in [1.82, 2.24) is 5.32 Å². The molecule has 1 aliphatic heterocycles. The lowest BCUT2D eigenvalue weighted by Crippen LogP contribution is -2.32. The van der Waals surface area contributed by atoms with Crippen LogP contribution in [-0.2, 0) is 13.6 Å². The zero-order valence-corrected chi connectivity index (χ0v) is 11.0. The third kappa shape index (κ3) is 3.09. The highest BCUT2D eigenvalue weighted by atomic mass is 35.5. The Balaban J connectivity index is 2.20. The summed E-state index contributed by atoms with van der Waals surface area (Å²) >= 11 is 5.55. The molecule has 1 N–H and O–H groups in total. The Labute approximate surface area is 106 Å². The largest absolute Gasteiger partial charge is 0.352 e. The zero-order chi connectivity index (χ0) is 12.1. The third-order valence-electron chi connectivity index (χ3n) is 2.49. The molecular formula is C11H15ClNO3P. The van der Waals surface area contributed by atoms with Gasteiger partial charge in [-0.15, -0.1) is 11.6 Å². The van der Waals surface area contributed by atoms with Crippen LogP contribution in [0, 0.1) is 0 Å². The van der Waals surface area contributed by atoms with E-state index in [1.54, 1.807) is 0 Å². The first-order chi connectivity index (χ1) is 8.26. The number of hydrogen-bond donors (Lipinski definition) is 1. The summed E-state index contributed by atoms with van der Waals surface area (Å²) in [5.74, 6) is -0.102. The molecule has 1 aliphatic rings. The number of alkyl halides is 1. The SMILES string of the molecule is O=P1(OCCCl)OCCNC1c1ccccc1. The molecule has 1 saturated heterocycles. The molecule has 94 valence electrons. The summed E-state index contributed by atoms with van der Waals surface area (Å²) in [4.78, 5) is 0. The second kappa shape index (κ2) is 5.98. The van der Waals surface area contributed by atoms with Crippen LogP contribution in [0.3, 0.4) is 0 Å². The minimum absolute atomic E-state index is 0.226. The van der Waals surface area contributed by atoms with E-state index in [4.69, 9.17) is 20.6 Å². The highest BCUT2D eigenvalue weighted by Gasteiger charge is 2.39. The van der Waals surface area contributed by atoms with Gasteiger partial charge in [-0.3, -0.25) is 9.88 Å². The minimum Gasteiger partial charge on any atom is -0.306 e. The van der Waals surface area contributed by atoms with Gasteiger partial charge in [-0.25, -0.2) is 0 Å². The smallest absolute Gasteiger partial charge is 0.306 e. The zero-order valence-electron chi connectivity index (χ0n) is 9.34. The molecule has 1 aromatic rings. The van der Waals surface area contributed by atoms with Crippen LogP contribution in [0.5, 0.6) is 0 Å². The molecule has 0 bridgehead atoms. The maximum absolute atomic E-state index is 12.6. The summed E-state index contributed by atoms with van der Waals surface area (Å²) in [6.45, 7) is 1.28. The molecule has 1 aromatic carbocycles. The topological polar surface area (TPSA) is 47.6 Å². The maximum Gasteiger partial charge on any atom is 0.352 e. The summed E-state index contributed by atoms with van der Waals surface area (Å²) in [6.07, 6.45) is 0. The number of hydrogen-bond acceptors (Lipinski definition) is 4. The predicted octanol–water partition coefficient (Wildman–Crippen LogP) is 2.75. The van der Waals surface area contributed by atoms with Crippen LogP contribution in [0.4, 0.5) is 0 Å². The van der Waals surface area contributed by atoms with Crippen LogP contribution in [0.15, 0.2) is 30.3 Å². The Kier molecular flexibility index (Phi) is 4.60. The summed E-state index contributed by atoms with van der Waals surface area (Å²) in [7, 11) is -3.16. The predicted molar refractivity (Wildman–Crippen MR) is 67.4 cm³/mol. The lowest BCUT2D eigenvalue weighted by Gasteiger charge is -2.31. The van der Waals surface area contributed by atoms with Crippen molar-refractivity contribution in [3.8, 4) is 0 Å². The van der Waals surface area contributed by atoms with E-state index >= 15 is 0 Å². The Morgan fingerprint density at radius 2 is 2.24 bits per heavy atom. The molecule has 6 heteroatoms. The van der Waals surface area contributed by atoms with Crippen molar-refractivity contribution in [2.75, 3.05) is 25.6 Å². The van der Waals surface area contributed by atoms with Gasteiger partial charge in [0.25, 0.3) is 0 Å². The fraction of sp³-hybridized carbons (Fsp3) is 0.455. The molecule has 0 amide bonds. The van der Waals surface area contributed by atoms with Gasteiger partial charge in [0.15, 0.2) is 0 Å². The lowest BCUT2D eigenvalue weighted by atomic mass is 10.2. The van der Waals surface area contributed by atoms with Gasteiger partial charge in [0.05, 0.1) is 13.2 Å². The monoisotopic (exact) mass is 275 g/mol. The van der Waals surface area contributed by atoms with Gasteiger partial charge < -0.3 is 9.05 Å². The molecule has 2 rings (SSSR count). The first kappa shape index (κ1) is 13.1. The molecule has 1 fully saturated rings. The van der Waals surface area contributed by atoms with E-state index < -0.39 is 13.4 Å². The van der Waals surface area contributed by atoms with Crippen molar-refractivity contribution in [3.05, 3.63) is 35.9 Å². The van der Waals surface area contributed by atoms with E-state index in [2.05, 4.69) is 5.32 Å². The molecule has 0 saturated carbocycles. The minimum atomic E-state index is -3.16. The van der Waals surface area contributed by atoms with Gasteiger partial charge in [0.1, 0.15) is 5.78 Å². The van der Waals surface area contributed by atoms with Crippen LogP contribution >= 0.6 is 19.2 Å². The average Bonchev–Trinajstić information content (AvgIpc) is 2.38. The van der Waals surface area contributed by atoms with Gasteiger partial charge >= 0.3 is 7.60 Å². The Morgan fingerprint density at radius 1 is 1.47 bits per heavy atom. The second-order valence-corrected chi connectivity index (χ2v) is 6.15. The van der Waals surface area contributed by atoms with Crippen molar-refractivity contribution >= 4 is 19.2 Å². The number of benzene rings is 1. The third-order valence-corrected chi connectivity index (χ3v) is 4.84. The van der Waals surface area contributed by atoms with E-state index in [0.29, 0.717) is 19.0 Å². The van der Waals surface area contributed by atoms with E-state index in [0.717, 1.165) is 5.56 Å². The average molecular weight is 276 g/mol. The molecule has 2 atom stereocenters. The maximum atomic E-state index is 12.6. The molecule has 1 heterocycles. The van der Waals surface area contributed by atoms with Crippen LogP contribution < -0.4 is 5.32 Å². The molecular weight excluding hydrogens is 261 g/mol. The van der Waals surface area contributed by atoms with Gasteiger partial charge in [-0.1, -0.05) is 30.3 Å². The van der Waals surface area contributed by atoms with Crippen molar-refractivity contribution in [2.24, 2.45) is 0 Å². The fourth-order valence-corrected chi connectivity index (χ4v) is 3.90. The number of halogens is 1. The highest BCUT2D eigenvalue weighted by molar-refractivity contribution is 7.54. The van der Waals surface area contributed by atoms with E-state index in [1.165, 1.54) is 0 Å². The lowest BCUT2D eigenvalue weighted by molar-refractivity contribution is 0.180. The van der Waals surface area contributed by atoms with E-state index in [9.17, 15) is 4.57 Å². The number of rotatable bonds is 4. The first-order valence-corrected chi connectivity index (χ1v) is 7.64. The molecule has 0 aliphatic carbocycles. The van der Waals surface area contributed by atoms with Crippen LogP contribution in [0.25, 0.3) is 0 Å². The summed E-state index contributed by atoms with van der Waals surface area (Å²) in [6, 6.07) is 9.53. The van der Waals surface area contributed by atoms with Crippen molar-refractivity contribution in [2.45, 2.75) is 5.78 Å². The van der Waals surface area contributed by atoms with Gasteiger partial charge in [-0.05, 0) is 5.56 Å². The molecule has 0 radical (unpaired) electrons. The van der Waals surface area contributed by atoms with E-state index in [-0.39, 0.29) is 6.61 Å². The molecule has 17 heavy (non-hydrogen) atoms. The highest BCUT2D eigenvalue weighted by Crippen LogP contribution is 2.60. The summed E-state index contributed by atoms with van der Waals surface area (Å²) in [5, 5.41) is 3.18. The second-order valence-electron chi connectivity index (χ2n) is 3.66. The summed E-state index contributed by atoms with van der Waals surface area (Å²) in [5.41, 5.74) is 0.908. The molecule has 0 spiro atoms. The molecule has 0 aromatic heterocycles. The Morgan fingerprint density at radius 3 is 2.94 bits per heavy atom. The van der Waals surface area contributed by atoms with Gasteiger partial charge in [0.2, 0.25) is 0 Å². The standard InChI is InChI=1S/C11H15ClNO3P/c12-6-8-15-17(14)11(13-7-9-16-17)10-4-2-1-3-5-10/h1-5,11,13H,6-9H2. The number of nitrogens with one attached hydrogen (secondary N) is 1. The Hall–Kier alpha value is -0.380. The van der Waals surface area contributed by atoms with E-state index in [1.807, 2.05) is 30.3 Å². The summed E-state index contributed by atoms with van der Waals surface area (Å²) < 4.78 is 23.2.